The molecule has 1 atom stereocenters. The van der Waals surface area contributed by atoms with Crippen molar-refractivity contribution in [2.24, 2.45) is 5.92 Å². The number of carbonyl (C=O) groups is 2. The minimum Gasteiger partial charge on any atom is -0.497 e. The minimum absolute atomic E-state index is 0.0619. The van der Waals surface area contributed by atoms with Gasteiger partial charge in [-0.25, -0.2) is 0 Å². The van der Waals surface area contributed by atoms with Gasteiger partial charge in [0.05, 0.1) is 13.0 Å². The highest BCUT2D eigenvalue weighted by atomic mass is 35.5. The molecule has 3 rings (SSSR count). The van der Waals surface area contributed by atoms with Gasteiger partial charge in [0.15, 0.2) is 0 Å². The van der Waals surface area contributed by atoms with Crippen LogP contribution in [-0.2, 0) is 9.59 Å². The highest BCUT2D eigenvalue weighted by molar-refractivity contribution is 6.31. The largest absolute Gasteiger partial charge is 0.497 e. The van der Waals surface area contributed by atoms with E-state index in [0.29, 0.717) is 17.3 Å². The maximum atomic E-state index is 12.5. The zero-order chi connectivity index (χ0) is 18.0. The molecule has 25 heavy (non-hydrogen) atoms. The zero-order valence-corrected chi connectivity index (χ0v) is 14.8. The topological polar surface area (TPSA) is 58.6 Å². The number of amides is 2. The van der Waals surface area contributed by atoms with Crippen molar-refractivity contribution in [1.82, 2.24) is 0 Å². The molecule has 0 bridgehead atoms. The monoisotopic (exact) mass is 358 g/mol. The molecule has 0 radical (unpaired) electrons. The van der Waals surface area contributed by atoms with E-state index in [4.69, 9.17) is 16.3 Å². The number of halogens is 1. The summed E-state index contributed by atoms with van der Waals surface area (Å²) in [5.41, 5.74) is 2.25. The fourth-order valence-corrected chi connectivity index (χ4v) is 3.05. The fraction of sp³-hybridized carbons (Fsp3) is 0.263. The molecule has 1 saturated heterocycles. The van der Waals surface area contributed by atoms with Crippen molar-refractivity contribution in [1.29, 1.82) is 0 Å². The van der Waals surface area contributed by atoms with Crippen LogP contribution in [0, 0.1) is 12.8 Å². The second-order valence-corrected chi connectivity index (χ2v) is 6.41. The van der Waals surface area contributed by atoms with E-state index in [1.165, 1.54) is 0 Å². The standard InChI is InChI=1S/C19H19ClN2O3/c1-12-16(20)4-3-5-17(12)21-19(24)13-10-18(23)22(11-13)14-6-8-15(25-2)9-7-14/h3-9,13H,10-11H2,1-2H3,(H,21,24). The zero-order valence-electron chi connectivity index (χ0n) is 14.1. The summed E-state index contributed by atoms with van der Waals surface area (Å²) >= 11 is 6.08. The van der Waals surface area contributed by atoms with Crippen LogP contribution in [0.4, 0.5) is 11.4 Å². The van der Waals surface area contributed by atoms with Crippen LogP contribution in [-0.4, -0.2) is 25.5 Å². The van der Waals surface area contributed by atoms with Gasteiger partial charge in [0.1, 0.15) is 5.75 Å². The smallest absolute Gasteiger partial charge is 0.229 e. The molecule has 1 aliphatic rings. The molecule has 5 nitrogen and oxygen atoms in total. The summed E-state index contributed by atoms with van der Waals surface area (Å²) in [7, 11) is 1.59. The molecule has 0 saturated carbocycles. The predicted octanol–water partition coefficient (Wildman–Crippen LogP) is 3.65. The number of nitrogens with one attached hydrogen (secondary N) is 1. The van der Waals surface area contributed by atoms with E-state index in [1.807, 2.05) is 19.1 Å². The first-order valence-corrected chi connectivity index (χ1v) is 8.38. The summed E-state index contributed by atoms with van der Waals surface area (Å²) in [5.74, 6) is 0.0944. The van der Waals surface area contributed by atoms with E-state index in [9.17, 15) is 9.59 Å². The Labute approximate surface area is 151 Å². The molecule has 1 N–H and O–H groups in total. The molecular weight excluding hydrogens is 340 g/mol. The highest BCUT2D eigenvalue weighted by Crippen LogP contribution is 2.29. The van der Waals surface area contributed by atoms with Crippen LogP contribution >= 0.6 is 11.6 Å². The van der Waals surface area contributed by atoms with Gasteiger partial charge in [0.25, 0.3) is 0 Å². The van der Waals surface area contributed by atoms with Crippen LogP contribution in [0.1, 0.15) is 12.0 Å². The van der Waals surface area contributed by atoms with Gasteiger partial charge in [0.2, 0.25) is 11.8 Å². The second kappa shape index (κ2) is 7.15. The first kappa shape index (κ1) is 17.3. The number of methoxy groups -OCH3 is 1. The second-order valence-electron chi connectivity index (χ2n) is 6.01. The molecule has 0 aliphatic carbocycles. The van der Waals surface area contributed by atoms with Crippen molar-refractivity contribution < 1.29 is 14.3 Å². The number of ether oxygens (including phenoxy) is 1. The number of carbonyl (C=O) groups excluding carboxylic acids is 2. The Morgan fingerprint density at radius 2 is 1.96 bits per heavy atom. The summed E-state index contributed by atoms with van der Waals surface area (Å²) in [6, 6.07) is 12.6. The van der Waals surface area contributed by atoms with Gasteiger partial charge >= 0.3 is 0 Å². The van der Waals surface area contributed by atoms with Crippen LogP contribution in [0.15, 0.2) is 42.5 Å². The first-order valence-electron chi connectivity index (χ1n) is 8.00. The van der Waals surface area contributed by atoms with E-state index >= 15 is 0 Å². The Bertz CT molecular complexity index is 805. The van der Waals surface area contributed by atoms with Gasteiger partial charge in [0, 0.05) is 29.4 Å². The van der Waals surface area contributed by atoms with E-state index in [-0.39, 0.29) is 18.2 Å². The molecule has 2 aromatic carbocycles. The third-order valence-corrected chi connectivity index (χ3v) is 4.81. The molecule has 2 aromatic rings. The van der Waals surface area contributed by atoms with Crippen LogP contribution in [0.3, 0.4) is 0 Å². The lowest BCUT2D eigenvalue weighted by Gasteiger charge is -2.17. The highest BCUT2D eigenvalue weighted by Gasteiger charge is 2.35. The van der Waals surface area contributed by atoms with Crippen LogP contribution < -0.4 is 15.0 Å². The molecule has 1 unspecified atom stereocenters. The Morgan fingerprint density at radius 1 is 1.24 bits per heavy atom. The molecular formula is C19H19ClN2O3. The van der Waals surface area contributed by atoms with Crippen molar-refractivity contribution >= 4 is 34.8 Å². The quantitative estimate of drug-likeness (QED) is 0.907. The van der Waals surface area contributed by atoms with E-state index in [1.54, 1.807) is 42.3 Å². The molecule has 1 fully saturated rings. The number of hydrogen-bond donors (Lipinski definition) is 1. The van der Waals surface area contributed by atoms with Crippen molar-refractivity contribution in [3.8, 4) is 5.75 Å². The Hall–Kier alpha value is -2.53. The average Bonchev–Trinajstić information content (AvgIpc) is 3.01. The van der Waals surface area contributed by atoms with Crippen molar-refractivity contribution in [3.63, 3.8) is 0 Å². The lowest BCUT2D eigenvalue weighted by Crippen LogP contribution is -2.28. The van der Waals surface area contributed by atoms with Crippen LogP contribution in [0.2, 0.25) is 5.02 Å². The molecule has 6 heteroatoms. The van der Waals surface area contributed by atoms with E-state index < -0.39 is 5.92 Å². The molecule has 2 amide bonds. The maximum Gasteiger partial charge on any atom is 0.229 e. The summed E-state index contributed by atoms with van der Waals surface area (Å²) in [6.07, 6.45) is 0.192. The van der Waals surface area contributed by atoms with E-state index in [2.05, 4.69) is 5.32 Å². The summed E-state index contributed by atoms with van der Waals surface area (Å²) in [6.45, 7) is 2.21. The van der Waals surface area contributed by atoms with E-state index in [0.717, 1.165) is 17.0 Å². The Kier molecular flexibility index (Phi) is 4.95. The van der Waals surface area contributed by atoms with Gasteiger partial charge in [-0.2, -0.15) is 0 Å². The van der Waals surface area contributed by atoms with Crippen LogP contribution in [0.5, 0.6) is 5.75 Å². The minimum atomic E-state index is -0.395. The van der Waals surface area contributed by atoms with Gasteiger partial charge in [-0.05, 0) is 48.9 Å². The fourth-order valence-electron chi connectivity index (χ4n) is 2.87. The summed E-state index contributed by atoms with van der Waals surface area (Å²) < 4.78 is 5.13. The van der Waals surface area contributed by atoms with Gasteiger partial charge in [-0.3, -0.25) is 9.59 Å². The third kappa shape index (κ3) is 3.61. The lowest BCUT2D eigenvalue weighted by atomic mass is 10.1. The van der Waals surface area contributed by atoms with Gasteiger partial charge < -0.3 is 15.0 Å². The number of anilines is 2. The molecule has 130 valence electrons. The predicted molar refractivity (Wildman–Crippen MR) is 98.3 cm³/mol. The summed E-state index contributed by atoms with van der Waals surface area (Å²) in [4.78, 5) is 26.5. The molecule has 1 aliphatic heterocycles. The third-order valence-electron chi connectivity index (χ3n) is 4.41. The van der Waals surface area contributed by atoms with Crippen molar-refractivity contribution in [3.05, 3.63) is 53.1 Å². The SMILES string of the molecule is COc1ccc(N2CC(C(=O)Nc3cccc(Cl)c3C)CC2=O)cc1. The number of hydrogen-bond acceptors (Lipinski definition) is 3. The Balaban J connectivity index is 1.71. The Morgan fingerprint density at radius 3 is 2.64 bits per heavy atom. The number of benzene rings is 2. The number of rotatable bonds is 4. The molecule has 0 spiro atoms. The average molecular weight is 359 g/mol. The van der Waals surface area contributed by atoms with Gasteiger partial charge in [-0.1, -0.05) is 17.7 Å². The number of nitrogens with zero attached hydrogens (tertiary/aromatic N) is 1. The van der Waals surface area contributed by atoms with Crippen LogP contribution in [0.25, 0.3) is 0 Å². The normalized spacial score (nSPS) is 16.8. The van der Waals surface area contributed by atoms with Crippen molar-refractivity contribution in [2.45, 2.75) is 13.3 Å². The molecule has 1 heterocycles. The molecule has 0 aromatic heterocycles. The maximum absolute atomic E-state index is 12.5. The van der Waals surface area contributed by atoms with Gasteiger partial charge in [-0.15, -0.1) is 0 Å². The first-order chi connectivity index (χ1) is 12.0. The summed E-state index contributed by atoms with van der Waals surface area (Å²) in [5, 5.41) is 3.48. The lowest BCUT2D eigenvalue weighted by molar-refractivity contribution is -0.122. The van der Waals surface area contributed by atoms with Crippen molar-refractivity contribution in [2.75, 3.05) is 23.9 Å².